The van der Waals surface area contributed by atoms with E-state index in [1.54, 1.807) is 14.2 Å². The van der Waals surface area contributed by atoms with E-state index in [2.05, 4.69) is 93.9 Å². The Morgan fingerprint density at radius 2 is 1.10 bits per heavy atom. The lowest BCUT2D eigenvalue weighted by atomic mass is 9.94. The van der Waals surface area contributed by atoms with Crippen molar-refractivity contribution in [2.45, 2.75) is 0 Å². The summed E-state index contributed by atoms with van der Waals surface area (Å²) in [6, 6.07) is 27.8. The summed E-state index contributed by atoms with van der Waals surface area (Å²) >= 11 is 0. The van der Waals surface area contributed by atoms with E-state index < -0.39 is 0 Å². The fourth-order valence-corrected chi connectivity index (χ4v) is 3.97. The summed E-state index contributed by atoms with van der Waals surface area (Å²) in [6.07, 6.45) is 0. The summed E-state index contributed by atoms with van der Waals surface area (Å²) in [5, 5.41) is 2.33. The Morgan fingerprint density at radius 1 is 0.581 bits per heavy atom. The molecule has 0 aromatic heterocycles. The van der Waals surface area contributed by atoms with E-state index in [1.807, 2.05) is 6.07 Å². The summed E-state index contributed by atoms with van der Waals surface area (Å²) in [4.78, 5) is 0. The number of methoxy groups -OCH3 is 2. The molecule has 0 bridgehead atoms. The van der Waals surface area contributed by atoms with Gasteiger partial charge in [0.05, 0.1) is 35.4 Å². The number of quaternary nitrogens is 1. The number of ether oxygens (including phenoxy) is 2. The Balaban J connectivity index is 0.00000272. The third-order valence-electron chi connectivity index (χ3n) is 5.52. The Bertz CT molecular complexity index is 1180. The molecule has 0 heterocycles. The minimum absolute atomic E-state index is 0. The van der Waals surface area contributed by atoms with Gasteiger partial charge in [0.2, 0.25) is 0 Å². The highest BCUT2D eigenvalue weighted by Crippen LogP contribution is 2.42. The van der Waals surface area contributed by atoms with Gasteiger partial charge in [0.15, 0.2) is 11.5 Å². The first-order valence-corrected chi connectivity index (χ1v) is 10.1. The third kappa shape index (κ3) is 4.55. The van der Waals surface area contributed by atoms with Crippen molar-refractivity contribution in [3.05, 3.63) is 78.9 Å². The lowest BCUT2D eigenvalue weighted by Gasteiger charge is -2.26. The van der Waals surface area contributed by atoms with E-state index in [-0.39, 0.29) is 24.0 Å². The van der Waals surface area contributed by atoms with Crippen LogP contribution in [0, 0.1) is 0 Å². The molecular weight excluding hydrogens is 497 g/mol. The van der Waals surface area contributed by atoms with Gasteiger partial charge in [0.1, 0.15) is 5.69 Å². The van der Waals surface area contributed by atoms with Crippen molar-refractivity contribution in [2.75, 3.05) is 35.4 Å². The molecule has 0 radical (unpaired) electrons. The van der Waals surface area contributed by atoms with Crippen LogP contribution < -0.4 is 37.9 Å². The van der Waals surface area contributed by atoms with Gasteiger partial charge in [-0.1, -0.05) is 54.6 Å². The molecule has 0 atom stereocenters. The van der Waals surface area contributed by atoms with Gasteiger partial charge in [0.25, 0.3) is 0 Å². The highest BCUT2D eigenvalue weighted by atomic mass is 127. The molecular formula is C27H28INO2. The molecule has 0 unspecified atom stereocenters. The molecule has 31 heavy (non-hydrogen) atoms. The zero-order chi connectivity index (χ0) is 21.3. The summed E-state index contributed by atoms with van der Waals surface area (Å²) < 4.78 is 11.9. The predicted molar refractivity (Wildman–Crippen MR) is 127 cm³/mol. The van der Waals surface area contributed by atoms with Gasteiger partial charge >= 0.3 is 0 Å². The Labute approximate surface area is 201 Å². The minimum atomic E-state index is 0. The zero-order valence-electron chi connectivity index (χ0n) is 18.6. The number of hydrogen-bond donors (Lipinski definition) is 0. The molecule has 0 fully saturated rings. The van der Waals surface area contributed by atoms with Gasteiger partial charge in [-0.2, -0.15) is 0 Å². The summed E-state index contributed by atoms with van der Waals surface area (Å²) in [5.74, 6) is 1.49. The SMILES string of the molecule is COc1cc2c(-c3ccc(-c4ccccc4)cc3)ccc([N+](C)(C)C)c2cc1OC.[I-]. The first-order chi connectivity index (χ1) is 14.4. The standard InChI is InChI=1S/C27H28NO2.HI/c1-28(2,3)25-16-15-22(23-17-26(29-4)27(30-5)18-24(23)25)21-13-11-20(12-14-21)19-9-7-6-8-10-19;/h6-18H,1-5H3;1H/q+1;/p-1. The molecule has 0 saturated carbocycles. The molecule has 4 rings (SSSR count). The van der Waals surface area contributed by atoms with E-state index >= 15 is 0 Å². The fourth-order valence-electron chi connectivity index (χ4n) is 3.97. The highest BCUT2D eigenvalue weighted by molar-refractivity contribution is 6.04. The fraction of sp³-hybridized carbons (Fsp3) is 0.185. The van der Waals surface area contributed by atoms with Gasteiger partial charge in [-0.3, -0.25) is 4.48 Å². The van der Waals surface area contributed by atoms with E-state index in [0.29, 0.717) is 0 Å². The number of benzene rings is 4. The molecule has 4 aromatic rings. The highest BCUT2D eigenvalue weighted by Gasteiger charge is 2.21. The molecule has 4 aromatic carbocycles. The van der Waals surface area contributed by atoms with Crippen LogP contribution >= 0.6 is 0 Å². The van der Waals surface area contributed by atoms with Gasteiger partial charge in [-0.15, -0.1) is 0 Å². The Hall–Kier alpha value is -2.57. The van der Waals surface area contributed by atoms with Gasteiger partial charge in [0, 0.05) is 11.5 Å². The molecule has 4 heteroatoms. The second-order valence-electron chi connectivity index (χ2n) is 8.34. The maximum absolute atomic E-state index is 5.61. The topological polar surface area (TPSA) is 18.5 Å². The molecule has 0 aliphatic heterocycles. The first-order valence-electron chi connectivity index (χ1n) is 10.1. The number of halogens is 1. The van der Waals surface area contributed by atoms with Crippen molar-refractivity contribution in [3.63, 3.8) is 0 Å². The second-order valence-corrected chi connectivity index (χ2v) is 8.34. The van der Waals surface area contributed by atoms with E-state index in [4.69, 9.17) is 9.47 Å². The number of nitrogens with zero attached hydrogens (tertiary/aromatic N) is 1. The Morgan fingerprint density at radius 3 is 1.65 bits per heavy atom. The Kier molecular flexibility index (Phi) is 6.92. The van der Waals surface area contributed by atoms with Crippen LogP contribution in [0.5, 0.6) is 11.5 Å². The maximum atomic E-state index is 5.61. The molecule has 160 valence electrons. The average molecular weight is 525 g/mol. The lowest BCUT2D eigenvalue weighted by Crippen LogP contribution is -3.00. The van der Waals surface area contributed by atoms with Crippen molar-refractivity contribution in [2.24, 2.45) is 0 Å². The van der Waals surface area contributed by atoms with Crippen LogP contribution in [0.15, 0.2) is 78.9 Å². The monoisotopic (exact) mass is 525 g/mol. The largest absolute Gasteiger partial charge is 1.00 e. The third-order valence-corrected chi connectivity index (χ3v) is 5.52. The second kappa shape index (κ2) is 9.28. The quantitative estimate of drug-likeness (QED) is 0.294. The van der Waals surface area contributed by atoms with Crippen LogP contribution in [0.1, 0.15) is 0 Å². The number of rotatable bonds is 5. The van der Waals surface area contributed by atoms with Crippen LogP contribution in [0.4, 0.5) is 5.69 Å². The minimum Gasteiger partial charge on any atom is -1.00 e. The average Bonchev–Trinajstić information content (AvgIpc) is 2.77. The van der Waals surface area contributed by atoms with Crippen LogP contribution in [-0.4, -0.2) is 35.4 Å². The van der Waals surface area contributed by atoms with E-state index in [1.165, 1.54) is 33.3 Å². The molecule has 0 saturated heterocycles. The van der Waals surface area contributed by atoms with Crippen molar-refractivity contribution >= 4 is 16.5 Å². The number of fused-ring (bicyclic) bond motifs is 1. The summed E-state index contributed by atoms with van der Waals surface area (Å²) in [5.41, 5.74) is 6.03. The van der Waals surface area contributed by atoms with Gasteiger partial charge < -0.3 is 33.5 Å². The van der Waals surface area contributed by atoms with Crippen molar-refractivity contribution in [1.82, 2.24) is 4.48 Å². The van der Waals surface area contributed by atoms with E-state index in [9.17, 15) is 0 Å². The van der Waals surface area contributed by atoms with Crippen molar-refractivity contribution in [1.29, 1.82) is 0 Å². The normalized spacial score (nSPS) is 11.1. The number of hydrogen-bond acceptors (Lipinski definition) is 2. The molecule has 0 spiro atoms. The summed E-state index contributed by atoms with van der Waals surface area (Å²) in [7, 11) is 9.91. The molecule has 3 nitrogen and oxygen atoms in total. The van der Waals surface area contributed by atoms with Crippen molar-refractivity contribution in [3.8, 4) is 33.8 Å². The zero-order valence-corrected chi connectivity index (χ0v) is 20.8. The van der Waals surface area contributed by atoms with Crippen LogP contribution in [0.2, 0.25) is 0 Å². The first kappa shape index (κ1) is 23.1. The maximum Gasteiger partial charge on any atom is 0.161 e. The lowest BCUT2D eigenvalue weighted by molar-refractivity contribution is -0.00000667. The predicted octanol–water partition coefficient (Wildman–Crippen LogP) is 3.39. The van der Waals surface area contributed by atoms with Crippen molar-refractivity contribution < 1.29 is 33.5 Å². The van der Waals surface area contributed by atoms with Crippen LogP contribution in [0.25, 0.3) is 33.0 Å². The summed E-state index contributed by atoms with van der Waals surface area (Å²) in [6.45, 7) is 0. The molecule has 0 aliphatic rings. The molecule has 0 amide bonds. The molecule has 0 aliphatic carbocycles. The van der Waals surface area contributed by atoms with Gasteiger partial charge in [-0.25, -0.2) is 0 Å². The smallest absolute Gasteiger partial charge is 0.161 e. The van der Waals surface area contributed by atoms with E-state index in [0.717, 1.165) is 21.4 Å². The molecule has 0 N–H and O–H groups in total. The van der Waals surface area contributed by atoms with Crippen LogP contribution in [-0.2, 0) is 0 Å². The van der Waals surface area contributed by atoms with Gasteiger partial charge in [-0.05, 0) is 45.8 Å². The van der Waals surface area contributed by atoms with Crippen LogP contribution in [0.3, 0.4) is 0 Å².